The predicted octanol–water partition coefficient (Wildman–Crippen LogP) is 3.70. The van der Waals surface area contributed by atoms with Crippen molar-refractivity contribution in [1.82, 2.24) is 5.43 Å². The molecule has 0 aliphatic heterocycles. The highest BCUT2D eigenvalue weighted by molar-refractivity contribution is 9.10. The Bertz CT molecular complexity index is 1160. The summed E-state index contributed by atoms with van der Waals surface area (Å²) < 4.78 is 38.8. The first-order chi connectivity index (χ1) is 14.8. The van der Waals surface area contributed by atoms with Crippen LogP contribution >= 0.6 is 15.9 Å². The van der Waals surface area contributed by atoms with Gasteiger partial charge in [0.1, 0.15) is 23.8 Å². The van der Waals surface area contributed by atoms with Crippen molar-refractivity contribution >= 4 is 43.8 Å². The lowest BCUT2D eigenvalue weighted by Crippen LogP contribution is -2.39. The van der Waals surface area contributed by atoms with E-state index >= 15 is 0 Å². The van der Waals surface area contributed by atoms with Crippen LogP contribution in [0.3, 0.4) is 0 Å². The Kier molecular flexibility index (Phi) is 7.13. The number of nitrogens with one attached hydrogen (secondary N) is 1. The number of sulfonamides is 1. The number of methoxy groups -OCH3 is 1. The number of carbonyl (C=O) groups excluding carboxylic acids is 1. The number of aryl methyl sites for hydroxylation is 1. The van der Waals surface area contributed by atoms with Crippen molar-refractivity contribution < 1.29 is 22.4 Å². The van der Waals surface area contributed by atoms with Gasteiger partial charge in [-0.15, -0.1) is 0 Å². The quantitative estimate of drug-likeness (QED) is 0.371. The molecular weight excluding hydrogens is 486 g/mol. The van der Waals surface area contributed by atoms with Crippen LogP contribution in [0.2, 0.25) is 0 Å². The van der Waals surface area contributed by atoms with E-state index in [9.17, 15) is 13.2 Å². The number of rotatable bonds is 8. The van der Waals surface area contributed by atoms with Crippen molar-refractivity contribution in [2.45, 2.75) is 11.8 Å². The van der Waals surface area contributed by atoms with Crippen molar-refractivity contribution in [3.8, 4) is 5.75 Å². The molecule has 1 heterocycles. The van der Waals surface area contributed by atoms with Crippen LogP contribution in [0.15, 0.2) is 79.6 Å². The zero-order valence-corrected chi connectivity index (χ0v) is 19.2. The number of hydrazone groups is 1. The van der Waals surface area contributed by atoms with Gasteiger partial charge in [0.15, 0.2) is 0 Å². The van der Waals surface area contributed by atoms with Gasteiger partial charge >= 0.3 is 0 Å². The van der Waals surface area contributed by atoms with Gasteiger partial charge in [0.2, 0.25) is 0 Å². The van der Waals surface area contributed by atoms with Gasteiger partial charge < -0.3 is 9.15 Å². The number of anilines is 1. The Morgan fingerprint density at radius 1 is 1.19 bits per heavy atom. The smallest absolute Gasteiger partial charge is 0.264 e. The van der Waals surface area contributed by atoms with Crippen LogP contribution < -0.4 is 14.5 Å². The Morgan fingerprint density at radius 2 is 1.87 bits per heavy atom. The van der Waals surface area contributed by atoms with Crippen LogP contribution in [0, 0.1) is 6.92 Å². The fourth-order valence-electron chi connectivity index (χ4n) is 2.66. The van der Waals surface area contributed by atoms with Gasteiger partial charge in [-0.25, -0.2) is 13.8 Å². The SMILES string of the molecule is COc1ccc(N(CC(=O)N/N=C\c2cc(Br)c(C)o2)S(=O)(=O)c2ccccc2)cc1. The number of hydrogen-bond acceptors (Lipinski definition) is 6. The maximum Gasteiger partial charge on any atom is 0.264 e. The molecule has 3 aromatic rings. The molecule has 2 aromatic carbocycles. The summed E-state index contributed by atoms with van der Waals surface area (Å²) in [4.78, 5) is 12.6. The highest BCUT2D eigenvalue weighted by Gasteiger charge is 2.27. The predicted molar refractivity (Wildman–Crippen MR) is 121 cm³/mol. The maximum atomic E-state index is 13.2. The Labute approximate surface area is 188 Å². The second kappa shape index (κ2) is 9.80. The zero-order valence-electron chi connectivity index (χ0n) is 16.8. The molecule has 0 saturated heterocycles. The van der Waals surface area contributed by atoms with Crippen molar-refractivity contribution in [3.05, 3.63) is 76.7 Å². The molecule has 0 aliphatic rings. The fraction of sp³-hybridized carbons (Fsp3) is 0.143. The summed E-state index contributed by atoms with van der Waals surface area (Å²) >= 11 is 3.32. The molecule has 0 aliphatic carbocycles. The number of hydrogen-bond donors (Lipinski definition) is 1. The third-order valence-electron chi connectivity index (χ3n) is 4.24. The molecular formula is C21H20BrN3O5S. The number of nitrogens with zero attached hydrogens (tertiary/aromatic N) is 2. The largest absolute Gasteiger partial charge is 0.497 e. The van der Waals surface area contributed by atoms with Gasteiger partial charge in [-0.2, -0.15) is 5.10 Å². The van der Waals surface area contributed by atoms with Crippen molar-refractivity contribution in [2.75, 3.05) is 18.0 Å². The van der Waals surface area contributed by atoms with Crippen molar-refractivity contribution in [3.63, 3.8) is 0 Å². The molecule has 1 amide bonds. The molecule has 31 heavy (non-hydrogen) atoms. The van der Waals surface area contributed by atoms with E-state index in [0.717, 1.165) is 8.78 Å². The lowest BCUT2D eigenvalue weighted by atomic mass is 10.3. The fourth-order valence-corrected chi connectivity index (χ4v) is 4.41. The highest BCUT2D eigenvalue weighted by atomic mass is 79.9. The van der Waals surface area contributed by atoms with E-state index in [1.54, 1.807) is 55.5 Å². The van der Waals surface area contributed by atoms with Gasteiger partial charge in [-0.1, -0.05) is 18.2 Å². The van der Waals surface area contributed by atoms with E-state index in [0.29, 0.717) is 23.0 Å². The number of carbonyl (C=O) groups is 1. The lowest BCUT2D eigenvalue weighted by Gasteiger charge is -2.23. The Balaban J connectivity index is 1.82. The van der Waals surface area contributed by atoms with Crippen LogP contribution in [-0.2, 0) is 14.8 Å². The molecule has 0 fully saturated rings. The molecule has 0 radical (unpaired) electrons. The Morgan fingerprint density at radius 3 is 2.45 bits per heavy atom. The standard InChI is InChI=1S/C21H20BrN3O5S/c1-15-20(22)12-18(30-15)13-23-24-21(26)14-25(16-8-10-17(29-2)11-9-16)31(27,28)19-6-4-3-5-7-19/h3-13H,14H2,1-2H3,(H,24,26)/b23-13-. The molecule has 10 heteroatoms. The molecule has 1 aromatic heterocycles. The number of furan rings is 1. The van der Waals surface area contributed by atoms with E-state index in [-0.39, 0.29) is 4.90 Å². The summed E-state index contributed by atoms with van der Waals surface area (Å²) in [5.74, 6) is 1.06. The van der Waals surface area contributed by atoms with Crippen LogP contribution in [0.1, 0.15) is 11.5 Å². The molecule has 1 N–H and O–H groups in total. The van der Waals surface area contributed by atoms with E-state index in [2.05, 4.69) is 26.5 Å². The topological polar surface area (TPSA) is 101 Å². The van der Waals surface area contributed by atoms with E-state index in [1.807, 2.05) is 0 Å². The summed E-state index contributed by atoms with van der Waals surface area (Å²) in [6, 6.07) is 16.0. The minimum Gasteiger partial charge on any atom is -0.497 e. The van der Waals surface area contributed by atoms with Gasteiger partial charge in [0.05, 0.1) is 28.4 Å². The molecule has 0 atom stereocenters. The minimum absolute atomic E-state index is 0.0676. The normalized spacial score (nSPS) is 11.5. The van der Waals surface area contributed by atoms with Gasteiger partial charge in [0, 0.05) is 6.07 Å². The van der Waals surface area contributed by atoms with E-state index < -0.39 is 22.5 Å². The minimum atomic E-state index is -3.99. The molecule has 0 spiro atoms. The first-order valence-corrected chi connectivity index (χ1v) is 11.3. The summed E-state index contributed by atoms with van der Waals surface area (Å²) in [7, 11) is -2.48. The molecule has 162 valence electrons. The number of benzene rings is 2. The van der Waals surface area contributed by atoms with Gasteiger partial charge in [0.25, 0.3) is 15.9 Å². The lowest BCUT2D eigenvalue weighted by molar-refractivity contribution is -0.119. The third kappa shape index (κ3) is 5.53. The summed E-state index contributed by atoms with van der Waals surface area (Å²) in [6.07, 6.45) is 1.33. The van der Waals surface area contributed by atoms with E-state index in [1.165, 1.54) is 25.5 Å². The van der Waals surface area contributed by atoms with Crippen molar-refractivity contribution in [2.24, 2.45) is 5.10 Å². The van der Waals surface area contributed by atoms with Crippen LogP contribution in [0.5, 0.6) is 5.75 Å². The van der Waals surface area contributed by atoms with Crippen LogP contribution in [0.4, 0.5) is 5.69 Å². The van der Waals surface area contributed by atoms with Gasteiger partial charge in [-0.05, 0) is 59.3 Å². The van der Waals surface area contributed by atoms with Gasteiger partial charge in [-0.3, -0.25) is 9.10 Å². The third-order valence-corrected chi connectivity index (χ3v) is 6.81. The summed E-state index contributed by atoms with van der Waals surface area (Å²) in [6.45, 7) is 1.31. The first-order valence-electron chi connectivity index (χ1n) is 9.11. The van der Waals surface area contributed by atoms with Crippen LogP contribution in [0.25, 0.3) is 0 Å². The first kappa shape index (κ1) is 22.6. The number of amides is 1. The second-order valence-corrected chi connectivity index (χ2v) is 9.09. The number of halogens is 1. The summed E-state index contributed by atoms with van der Waals surface area (Å²) in [5.41, 5.74) is 2.64. The van der Waals surface area contributed by atoms with Crippen molar-refractivity contribution in [1.29, 1.82) is 0 Å². The van der Waals surface area contributed by atoms with E-state index in [4.69, 9.17) is 9.15 Å². The molecule has 0 unspecified atom stereocenters. The van der Waals surface area contributed by atoms with Crippen LogP contribution in [-0.4, -0.2) is 34.2 Å². The molecule has 8 nitrogen and oxygen atoms in total. The molecule has 0 bridgehead atoms. The highest BCUT2D eigenvalue weighted by Crippen LogP contribution is 2.25. The summed E-state index contributed by atoms with van der Waals surface area (Å²) in [5, 5.41) is 3.84. The molecule has 3 rings (SSSR count). The average Bonchev–Trinajstić information content (AvgIpc) is 3.09. The average molecular weight is 506 g/mol. The zero-order chi connectivity index (χ0) is 22.4. The molecule has 0 saturated carbocycles. The monoisotopic (exact) mass is 505 g/mol. The number of ether oxygens (including phenoxy) is 1. The Hall–Kier alpha value is -3.11. The second-order valence-electron chi connectivity index (χ2n) is 6.37. The maximum absolute atomic E-state index is 13.2.